The fraction of sp³-hybridized carbons (Fsp3) is 0.429. The molecule has 1 amide bonds. The van der Waals surface area contributed by atoms with Gasteiger partial charge in [-0.1, -0.05) is 0 Å². The van der Waals surface area contributed by atoms with E-state index in [9.17, 15) is 9.18 Å². The first-order valence-corrected chi connectivity index (χ1v) is 6.32. The molecule has 0 radical (unpaired) electrons. The topological polar surface area (TPSA) is 56.1 Å². The lowest BCUT2D eigenvalue weighted by molar-refractivity contribution is -0.122. The van der Waals surface area contributed by atoms with E-state index in [1.54, 1.807) is 12.1 Å². The van der Waals surface area contributed by atoms with Crippen LogP contribution in [-0.4, -0.2) is 24.5 Å². The van der Waals surface area contributed by atoms with Crippen LogP contribution in [0.2, 0.25) is 0 Å². The van der Waals surface area contributed by atoms with Crippen molar-refractivity contribution < 1.29 is 9.18 Å². The molecule has 1 aromatic carbocycles. The molecule has 2 atom stereocenters. The average molecular weight is 261 g/mol. The van der Waals surface area contributed by atoms with Crippen LogP contribution in [-0.2, 0) is 4.79 Å². The van der Waals surface area contributed by atoms with Gasteiger partial charge in [-0.25, -0.2) is 4.39 Å². The molecule has 19 heavy (non-hydrogen) atoms. The number of rotatable bonds is 2. The van der Waals surface area contributed by atoms with Gasteiger partial charge in [0.15, 0.2) is 0 Å². The summed E-state index contributed by atoms with van der Waals surface area (Å²) in [5.41, 5.74) is 0.770. The van der Waals surface area contributed by atoms with Gasteiger partial charge in [0.2, 0.25) is 5.91 Å². The van der Waals surface area contributed by atoms with Crippen LogP contribution in [0.3, 0.4) is 0 Å². The first kappa shape index (κ1) is 13.3. The normalized spacial score (nSPS) is 23.4. The lowest BCUT2D eigenvalue weighted by Gasteiger charge is -2.34. The van der Waals surface area contributed by atoms with E-state index in [0.717, 1.165) is 12.1 Å². The lowest BCUT2D eigenvalue weighted by Crippen LogP contribution is -2.47. The molecular weight excluding hydrogens is 245 g/mol. The second-order valence-corrected chi connectivity index (χ2v) is 4.69. The molecule has 0 saturated carbocycles. The van der Waals surface area contributed by atoms with E-state index in [-0.39, 0.29) is 24.2 Å². The molecule has 0 spiro atoms. The van der Waals surface area contributed by atoms with E-state index < -0.39 is 6.04 Å². The van der Waals surface area contributed by atoms with Crippen LogP contribution in [0.4, 0.5) is 10.1 Å². The molecule has 1 aliphatic rings. The zero-order valence-corrected chi connectivity index (χ0v) is 10.8. The summed E-state index contributed by atoms with van der Waals surface area (Å²) >= 11 is 0. The van der Waals surface area contributed by atoms with Gasteiger partial charge in [-0.2, -0.15) is 5.26 Å². The second-order valence-electron chi connectivity index (χ2n) is 4.69. The van der Waals surface area contributed by atoms with Crippen LogP contribution < -0.4 is 10.2 Å². The highest BCUT2D eigenvalue weighted by Gasteiger charge is 2.32. The van der Waals surface area contributed by atoms with Crippen molar-refractivity contribution in [1.82, 2.24) is 5.32 Å². The summed E-state index contributed by atoms with van der Waals surface area (Å²) in [4.78, 5) is 13.9. The molecule has 2 unspecified atom stereocenters. The number of anilines is 1. The molecule has 0 aromatic heterocycles. The van der Waals surface area contributed by atoms with Crippen molar-refractivity contribution in [3.05, 3.63) is 30.1 Å². The maximum absolute atomic E-state index is 13.0. The largest absolute Gasteiger partial charge is 0.356 e. The van der Waals surface area contributed by atoms with Gasteiger partial charge in [-0.05, 0) is 37.6 Å². The van der Waals surface area contributed by atoms with Gasteiger partial charge in [-0.15, -0.1) is 0 Å². The number of nitriles is 1. The number of halogens is 1. The zero-order chi connectivity index (χ0) is 13.8. The maximum Gasteiger partial charge on any atom is 0.243 e. The smallest absolute Gasteiger partial charge is 0.243 e. The van der Waals surface area contributed by atoms with Crippen LogP contribution in [0.25, 0.3) is 0 Å². The van der Waals surface area contributed by atoms with Crippen molar-refractivity contribution in [3.8, 4) is 6.07 Å². The zero-order valence-electron chi connectivity index (χ0n) is 10.8. The van der Waals surface area contributed by atoms with Crippen LogP contribution >= 0.6 is 0 Å². The summed E-state index contributed by atoms with van der Waals surface area (Å²) in [6.07, 6.45) is 0.915. The fourth-order valence-corrected chi connectivity index (χ4v) is 2.42. The van der Waals surface area contributed by atoms with Crippen LogP contribution in [0.1, 0.15) is 19.8 Å². The van der Waals surface area contributed by atoms with Gasteiger partial charge < -0.3 is 10.2 Å². The first-order chi connectivity index (χ1) is 9.13. The number of nitrogens with one attached hydrogen (secondary N) is 1. The predicted octanol–water partition coefficient (Wildman–Crippen LogP) is 1.82. The molecule has 1 saturated heterocycles. The van der Waals surface area contributed by atoms with Gasteiger partial charge in [0.1, 0.15) is 11.9 Å². The average Bonchev–Trinajstić information content (AvgIpc) is 2.52. The molecule has 5 heteroatoms. The Hall–Kier alpha value is -2.09. The van der Waals surface area contributed by atoms with Gasteiger partial charge in [0.25, 0.3) is 0 Å². The van der Waals surface area contributed by atoms with E-state index in [0.29, 0.717) is 6.54 Å². The van der Waals surface area contributed by atoms with Crippen molar-refractivity contribution in [2.24, 2.45) is 0 Å². The minimum atomic E-state index is -0.520. The molecule has 1 fully saturated rings. The van der Waals surface area contributed by atoms with Crippen LogP contribution in [0, 0.1) is 17.1 Å². The molecule has 1 heterocycles. The van der Waals surface area contributed by atoms with E-state index in [4.69, 9.17) is 5.26 Å². The number of hydrogen-bond acceptors (Lipinski definition) is 3. The minimum Gasteiger partial charge on any atom is -0.356 e. The Labute approximate surface area is 111 Å². The number of benzene rings is 1. The number of hydrogen-bond donors (Lipinski definition) is 1. The molecule has 0 aliphatic carbocycles. The Morgan fingerprint density at radius 1 is 1.47 bits per heavy atom. The standard InChI is InChI=1S/C14H16FN3O/c1-10-7-9-17-14(19)13(6-8-16)18(10)12-4-2-11(15)3-5-12/h2-5,10,13H,6-7,9H2,1H3,(H,17,19). The van der Waals surface area contributed by atoms with E-state index in [1.165, 1.54) is 12.1 Å². The minimum absolute atomic E-state index is 0.114. The van der Waals surface area contributed by atoms with Crippen molar-refractivity contribution in [2.75, 3.05) is 11.4 Å². The summed E-state index contributed by atoms with van der Waals surface area (Å²) in [5, 5.41) is 11.7. The third-order valence-corrected chi connectivity index (χ3v) is 3.38. The Kier molecular flexibility index (Phi) is 4.00. The van der Waals surface area contributed by atoms with Gasteiger partial charge in [-0.3, -0.25) is 4.79 Å². The summed E-state index contributed by atoms with van der Waals surface area (Å²) in [5.74, 6) is -0.456. The van der Waals surface area contributed by atoms with Crippen molar-refractivity contribution >= 4 is 11.6 Å². The summed E-state index contributed by atoms with van der Waals surface area (Å²) in [6.45, 7) is 2.60. The molecule has 1 aromatic rings. The molecule has 2 rings (SSSR count). The van der Waals surface area contributed by atoms with Crippen molar-refractivity contribution in [2.45, 2.75) is 31.8 Å². The van der Waals surface area contributed by atoms with E-state index in [2.05, 4.69) is 11.4 Å². The van der Waals surface area contributed by atoms with E-state index >= 15 is 0 Å². The molecule has 100 valence electrons. The first-order valence-electron chi connectivity index (χ1n) is 6.32. The quantitative estimate of drug-likeness (QED) is 0.883. The molecular formula is C14H16FN3O. The highest BCUT2D eigenvalue weighted by molar-refractivity contribution is 5.86. The Morgan fingerprint density at radius 2 is 2.16 bits per heavy atom. The van der Waals surface area contributed by atoms with Gasteiger partial charge >= 0.3 is 0 Å². The third-order valence-electron chi connectivity index (χ3n) is 3.38. The van der Waals surface area contributed by atoms with Gasteiger partial charge in [0, 0.05) is 18.3 Å². The Balaban J connectivity index is 2.37. The number of amides is 1. The highest BCUT2D eigenvalue weighted by atomic mass is 19.1. The molecule has 4 nitrogen and oxygen atoms in total. The van der Waals surface area contributed by atoms with E-state index in [1.807, 2.05) is 11.8 Å². The molecule has 1 N–H and O–H groups in total. The van der Waals surface area contributed by atoms with Crippen molar-refractivity contribution in [1.29, 1.82) is 5.26 Å². The molecule has 0 bridgehead atoms. The second kappa shape index (κ2) is 5.70. The molecule has 1 aliphatic heterocycles. The predicted molar refractivity (Wildman–Crippen MR) is 70.0 cm³/mol. The lowest BCUT2D eigenvalue weighted by atomic mass is 10.1. The van der Waals surface area contributed by atoms with Crippen LogP contribution in [0.5, 0.6) is 0 Å². The highest BCUT2D eigenvalue weighted by Crippen LogP contribution is 2.25. The summed E-state index contributed by atoms with van der Waals surface area (Å²) in [6, 6.07) is 7.68. The number of nitrogens with zero attached hydrogens (tertiary/aromatic N) is 2. The summed E-state index contributed by atoms with van der Waals surface area (Å²) < 4.78 is 13.0. The maximum atomic E-state index is 13.0. The van der Waals surface area contributed by atoms with Gasteiger partial charge in [0.05, 0.1) is 12.5 Å². The number of carbonyl (C=O) groups excluding carboxylic acids is 1. The van der Waals surface area contributed by atoms with Crippen molar-refractivity contribution in [3.63, 3.8) is 0 Å². The fourth-order valence-electron chi connectivity index (χ4n) is 2.42. The Morgan fingerprint density at radius 3 is 2.79 bits per heavy atom. The summed E-state index contributed by atoms with van der Waals surface area (Å²) in [7, 11) is 0. The number of carbonyl (C=O) groups is 1. The SMILES string of the molecule is CC1CCNC(=O)C(CC#N)N1c1ccc(F)cc1. The Bertz CT molecular complexity index is 494. The monoisotopic (exact) mass is 261 g/mol. The third kappa shape index (κ3) is 2.84. The van der Waals surface area contributed by atoms with Crippen LogP contribution in [0.15, 0.2) is 24.3 Å².